The first-order valence-corrected chi connectivity index (χ1v) is 0.365. The molecule has 0 spiro atoms. The Morgan fingerprint density at radius 3 is 1.60 bits per heavy atom. The van der Waals surface area contributed by atoms with Crippen molar-refractivity contribution in [3.05, 3.63) is 10.1 Å². The zero-order valence-corrected chi connectivity index (χ0v) is 4.76. The Balaban J connectivity index is -0.0000000200. The van der Waals surface area contributed by atoms with E-state index in [1.807, 2.05) is 0 Å². The summed E-state index contributed by atoms with van der Waals surface area (Å²) in [6.45, 7) is 0. The van der Waals surface area contributed by atoms with E-state index in [2.05, 4.69) is 0 Å². The van der Waals surface area contributed by atoms with Gasteiger partial charge in [-0.2, -0.15) is 0 Å². The Kier molecular flexibility index (Phi) is 97.4. The minimum absolute atomic E-state index is 0. The number of nitrogens with zero attached hydrogens (tertiary/aromatic N) is 1. The molecule has 0 unspecified atom stereocenters. The third-order valence-electron chi connectivity index (χ3n) is 0. The molecule has 0 aliphatic rings. The van der Waals surface area contributed by atoms with Gasteiger partial charge in [-0.15, -0.1) is 5.34 Å². The van der Waals surface area contributed by atoms with Gasteiger partial charge in [0.1, 0.15) is 0 Å². The van der Waals surface area contributed by atoms with Gasteiger partial charge in [0.15, 0.2) is 0 Å². The third-order valence-corrected chi connectivity index (χ3v) is 0. The van der Waals surface area contributed by atoms with Gasteiger partial charge >= 0.3 is 29.6 Å². The molecule has 0 atom stereocenters. The van der Waals surface area contributed by atoms with Crippen LogP contribution in [0, 0.1) is 10.1 Å². The summed E-state index contributed by atoms with van der Waals surface area (Å²) in [5.74, 6) is 0. The minimum atomic E-state index is 0. The van der Waals surface area contributed by atoms with Crippen molar-refractivity contribution in [2.45, 2.75) is 0 Å². The van der Waals surface area contributed by atoms with Crippen molar-refractivity contribution in [1.29, 1.82) is 0 Å². The second-order valence-corrected chi connectivity index (χ2v) is 0.0745. The van der Waals surface area contributed by atoms with Gasteiger partial charge in [-0.1, -0.05) is 0 Å². The molecule has 0 radical (unpaired) electrons. The summed E-state index contributed by atoms with van der Waals surface area (Å²) < 4.78 is 0. The first-order chi connectivity index (χ1) is 1.41. The molecule has 0 saturated carbocycles. The molecule has 0 bridgehead atoms. The molecule has 2 N–H and O–H groups in total. The van der Waals surface area contributed by atoms with Crippen LogP contribution in [0.4, 0.5) is 0 Å². The van der Waals surface area contributed by atoms with Gasteiger partial charge in [0.25, 0.3) is 0 Å². The topological polar surface area (TPSA) is 84.0 Å². The minimum Gasteiger partial charge on any atom is -0.444 e. The average molecular weight is 87.0 g/mol. The van der Waals surface area contributed by atoms with Crippen LogP contribution in [-0.2, 0) is 0 Å². The summed E-state index contributed by atoms with van der Waals surface area (Å²) in [5.41, 5.74) is 0. The molecular weight excluding hydrogens is 85.0 g/mol. The second-order valence-electron chi connectivity index (χ2n) is 0.0745. The van der Waals surface area contributed by atoms with Crippen molar-refractivity contribution >= 4 is 0 Å². The monoisotopic (exact) mass is 87.0 g/mol. The van der Waals surface area contributed by atoms with Crippen molar-refractivity contribution in [3.63, 3.8) is 0 Å². The predicted molar refractivity (Wildman–Crippen MR) is 12.8 cm³/mol. The van der Waals surface area contributed by atoms with Crippen LogP contribution in [-0.4, -0.2) is 5.48 Å². The van der Waals surface area contributed by atoms with Crippen LogP contribution in [0.15, 0.2) is 5.34 Å². The van der Waals surface area contributed by atoms with E-state index in [1.165, 1.54) is 0 Å². The fraction of sp³-hybridized carbons (Fsp3) is 0. The summed E-state index contributed by atoms with van der Waals surface area (Å²) in [6.07, 6.45) is 0. The van der Waals surface area contributed by atoms with Crippen LogP contribution < -0.4 is 29.6 Å². The number of rotatable bonds is 0. The molecule has 0 heterocycles. The fourth-order valence-corrected chi connectivity index (χ4v) is 0. The average Bonchev–Trinajstić information content (AvgIpc) is 0.918. The number of hydrogen-bond donors (Lipinski definition) is 0. The van der Waals surface area contributed by atoms with Crippen molar-refractivity contribution in [2.75, 3.05) is 0 Å². The zero-order valence-electron chi connectivity index (χ0n) is 2.76. The molecule has 0 aliphatic carbocycles. The van der Waals surface area contributed by atoms with Gasteiger partial charge in [-0.3, -0.25) is 0 Å². The summed E-state index contributed by atoms with van der Waals surface area (Å²) in [7, 11) is 0. The van der Waals surface area contributed by atoms with Crippen LogP contribution in [0.3, 0.4) is 0 Å². The van der Waals surface area contributed by atoms with E-state index >= 15 is 0 Å². The smallest absolute Gasteiger partial charge is 0.444 e. The van der Waals surface area contributed by atoms with E-state index < -0.39 is 0 Å². The molecule has 0 saturated heterocycles. The van der Waals surface area contributed by atoms with E-state index in [1.54, 1.807) is 0 Å². The molecule has 0 aromatic rings. The van der Waals surface area contributed by atoms with E-state index in [-0.39, 0.29) is 35.0 Å². The van der Waals surface area contributed by atoms with Crippen molar-refractivity contribution in [2.24, 2.45) is 5.34 Å². The van der Waals surface area contributed by atoms with E-state index in [0.29, 0.717) is 0 Å². The van der Waals surface area contributed by atoms with Crippen LogP contribution in [0.2, 0.25) is 0 Å². The maximum Gasteiger partial charge on any atom is 1.00 e. The van der Waals surface area contributed by atoms with Gasteiger partial charge in [-0.05, 0) is 0 Å². The van der Waals surface area contributed by atoms with Gasteiger partial charge in [0.2, 0.25) is 0 Å². The van der Waals surface area contributed by atoms with Gasteiger partial charge in [0.05, 0.1) is 0 Å². The summed E-state index contributed by atoms with van der Waals surface area (Å²) >= 11 is 0. The van der Waals surface area contributed by atoms with Crippen molar-refractivity contribution in [1.82, 2.24) is 0 Å². The molecule has 0 rings (SSSR count). The molecule has 26 valence electrons. The molecule has 0 aromatic heterocycles. The summed E-state index contributed by atoms with van der Waals surface area (Å²) in [5, 5.41) is 9.00. The Hall–Kier alpha value is 0.360. The third kappa shape index (κ3) is 187. The van der Waals surface area contributed by atoms with Crippen molar-refractivity contribution < 1.29 is 35.0 Å². The van der Waals surface area contributed by atoms with Crippen LogP contribution in [0.5, 0.6) is 0 Å². The number of hydrogen-bond acceptors (Lipinski definition) is 3. The molecule has 4 nitrogen and oxygen atoms in total. The SMILES string of the molecule is O.O=N[O-].[Na+]. The molecule has 5 heteroatoms. The predicted octanol–water partition coefficient (Wildman–Crippen LogP) is -3.57. The quantitative estimate of drug-likeness (QED) is 0.174. The second kappa shape index (κ2) is 26.6. The normalized spacial score (nSPS) is 2.40. The fourth-order valence-electron chi connectivity index (χ4n) is 0. The standard InChI is InChI=1S/HNO2.Na.H2O/c2-1-3;;/h(H,2,3);;1H2/q;+1;/p-1. The molecule has 0 fully saturated rings. The summed E-state index contributed by atoms with van der Waals surface area (Å²) in [6, 6.07) is 0. The Bertz CT molecular complexity index is 14.4. The van der Waals surface area contributed by atoms with E-state index in [9.17, 15) is 0 Å². The molecule has 0 amide bonds. The zero-order chi connectivity index (χ0) is 2.71. The Morgan fingerprint density at radius 2 is 1.60 bits per heavy atom. The maximum absolute atomic E-state index is 8.00. The molecular formula is H2NNaO3. The van der Waals surface area contributed by atoms with Crippen LogP contribution in [0.1, 0.15) is 0 Å². The van der Waals surface area contributed by atoms with E-state index in [0.717, 1.165) is 5.34 Å². The first kappa shape index (κ1) is 18.3. The summed E-state index contributed by atoms with van der Waals surface area (Å²) in [4.78, 5) is 8.00. The maximum atomic E-state index is 8.00. The van der Waals surface area contributed by atoms with E-state index in [4.69, 9.17) is 10.1 Å². The largest absolute Gasteiger partial charge is 1.00 e. The Morgan fingerprint density at radius 1 is 1.60 bits per heavy atom. The van der Waals surface area contributed by atoms with Crippen LogP contribution in [0.25, 0.3) is 0 Å². The molecule has 0 aromatic carbocycles. The Labute approximate surface area is 50.7 Å². The van der Waals surface area contributed by atoms with Gasteiger partial charge < -0.3 is 15.6 Å². The first-order valence-electron chi connectivity index (χ1n) is 0.365. The molecule has 5 heavy (non-hydrogen) atoms. The van der Waals surface area contributed by atoms with Crippen molar-refractivity contribution in [3.8, 4) is 0 Å². The van der Waals surface area contributed by atoms with Gasteiger partial charge in [-0.25, -0.2) is 0 Å². The van der Waals surface area contributed by atoms with Crippen LogP contribution >= 0.6 is 0 Å². The molecule has 0 aliphatic heterocycles. The van der Waals surface area contributed by atoms with Gasteiger partial charge in [0, 0.05) is 0 Å².